The molecule has 1 N–H and O–H groups in total. The van der Waals surface area contributed by atoms with Gasteiger partial charge in [0.15, 0.2) is 11.5 Å². The first-order valence-electron chi connectivity index (χ1n) is 6.35. The summed E-state index contributed by atoms with van der Waals surface area (Å²) in [5.74, 6) is 1.04. The highest BCUT2D eigenvalue weighted by Crippen LogP contribution is 2.28. The topological polar surface area (TPSA) is 59.0 Å². The van der Waals surface area contributed by atoms with E-state index in [1.54, 1.807) is 30.2 Å². The number of aliphatic hydroxyl groups excluding tert-OH is 1. The van der Waals surface area contributed by atoms with Crippen LogP contribution >= 0.6 is 0 Å². The number of piperidine rings is 1. The number of hydrogen-bond donors (Lipinski definition) is 1. The zero-order valence-electron chi connectivity index (χ0n) is 11.3. The number of amides is 1. The van der Waals surface area contributed by atoms with Crippen molar-refractivity contribution in [2.45, 2.75) is 18.9 Å². The summed E-state index contributed by atoms with van der Waals surface area (Å²) in [5, 5.41) is 9.62. The molecule has 0 aliphatic carbocycles. The van der Waals surface area contributed by atoms with Crippen LogP contribution in [0.4, 0.5) is 0 Å². The summed E-state index contributed by atoms with van der Waals surface area (Å²) in [6.07, 6.45) is 1.17. The van der Waals surface area contributed by atoms with Gasteiger partial charge >= 0.3 is 0 Å². The standard InChI is InChI=1S/C14H19NO4/c1-18-12-6-5-10(8-13(12)19-2)14(17)15-7-3-4-11(16)9-15/h5-6,8,11,16H,3-4,7,9H2,1-2H3. The second-order valence-corrected chi connectivity index (χ2v) is 4.62. The molecule has 1 atom stereocenters. The van der Waals surface area contributed by atoms with Crippen LogP contribution in [0.1, 0.15) is 23.2 Å². The molecule has 19 heavy (non-hydrogen) atoms. The fraction of sp³-hybridized carbons (Fsp3) is 0.500. The quantitative estimate of drug-likeness (QED) is 0.895. The zero-order valence-corrected chi connectivity index (χ0v) is 11.3. The van der Waals surface area contributed by atoms with Gasteiger partial charge in [-0.1, -0.05) is 0 Å². The number of carbonyl (C=O) groups excluding carboxylic acids is 1. The van der Waals surface area contributed by atoms with E-state index in [1.807, 2.05) is 0 Å². The first-order chi connectivity index (χ1) is 9.15. The zero-order chi connectivity index (χ0) is 13.8. The summed E-state index contributed by atoms with van der Waals surface area (Å²) in [6.45, 7) is 1.08. The Bertz CT molecular complexity index is 461. The molecular formula is C14H19NO4. The van der Waals surface area contributed by atoms with Gasteiger partial charge in [0.25, 0.3) is 5.91 Å². The summed E-state index contributed by atoms with van der Waals surface area (Å²) in [7, 11) is 3.09. The third-order valence-corrected chi connectivity index (χ3v) is 3.31. The molecule has 1 heterocycles. The van der Waals surface area contributed by atoms with Crippen molar-refractivity contribution in [3.63, 3.8) is 0 Å². The molecule has 1 aromatic carbocycles. The molecule has 0 aromatic heterocycles. The third kappa shape index (κ3) is 2.98. The molecule has 5 nitrogen and oxygen atoms in total. The van der Waals surface area contributed by atoms with Crippen molar-refractivity contribution in [2.24, 2.45) is 0 Å². The van der Waals surface area contributed by atoms with E-state index in [0.29, 0.717) is 30.2 Å². The predicted octanol–water partition coefficient (Wildman–Crippen LogP) is 1.30. The number of ether oxygens (including phenoxy) is 2. The van der Waals surface area contributed by atoms with Gasteiger partial charge in [0.05, 0.1) is 20.3 Å². The number of hydrogen-bond acceptors (Lipinski definition) is 4. The lowest BCUT2D eigenvalue weighted by molar-refractivity contribution is 0.0473. The fourth-order valence-electron chi connectivity index (χ4n) is 2.29. The lowest BCUT2D eigenvalue weighted by Crippen LogP contribution is -2.42. The molecular weight excluding hydrogens is 246 g/mol. The number of benzene rings is 1. The molecule has 0 radical (unpaired) electrons. The molecule has 1 fully saturated rings. The van der Waals surface area contributed by atoms with Gasteiger partial charge in [0.2, 0.25) is 0 Å². The van der Waals surface area contributed by atoms with Crippen molar-refractivity contribution in [1.29, 1.82) is 0 Å². The Balaban J connectivity index is 2.19. The molecule has 5 heteroatoms. The molecule has 2 rings (SSSR count). The third-order valence-electron chi connectivity index (χ3n) is 3.31. The van der Waals surface area contributed by atoms with E-state index in [1.165, 1.54) is 7.11 Å². The van der Waals surface area contributed by atoms with Gasteiger partial charge in [-0.2, -0.15) is 0 Å². The van der Waals surface area contributed by atoms with E-state index in [0.717, 1.165) is 12.8 Å². The minimum atomic E-state index is -0.419. The predicted molar refractivity (Wildman–Crippen MR) is 70.7 cm³/mol. The molecule has 104 valence electrons. The first kappa shape index (κ1) is 13.7. The van der Waals surface area contributed by atoms with Gasteiger partial charge in [0, 0.05) is 18.7 Å². The number of aliphatic hydroxyl groups is 1. The Labute approximate surface area is 112 Å². The number of nitrogens with zero attached hydrogens (tertiary/aromatic N) is 1. The van der Waals surface area contributed by atoms with E-state index in [4.69, 9.17) is 9.47 Å². The molecule has 0 saturated carbocycles. The van der Waals surface area contributed by atoms with Crippen molar-refractivity contribution >= 4 is 5.91 Å². The SMILES string of the molecule is COc1ccc(C(=O)N2CCCC(O)C2)cc1OC. The highest BCUT2D eigenvalue weighted by molar-refractivity contribution is 5.95. The Kier molecular flexibility index (Phi) is 4.27. The molecule has 0 bridgehead atoms. The summed E-state index contributed by atoms with van der Waals surface area (Å²) in [4.78, 5) is 14.0. The van der Waals surface area contributed by atoms with Crippen molar-refractivity contribution < 1.29 is 19.4 Å². The Morgan fingerprint density at radius 1 is 1.32 bits per heavy atom. The maximum Gasteiger partial charge on any atom is 0.254 e. The van der Waals surface area contributed by atoms with Crippen LogP contribution in [0.25, 0.3) is 0 Å². The van der Waals surface area contributed by atoms with Crippen LogP contribution < -0.4 is 9.47 Å². The van der Waals surface area contributed by atoms with E-state index in [-0.39, 0.29) is 5.91 Å². The van der Waals surface area contributed by atoms with Crippen molar-refractivity contribution in [2.75, 3.05) is 27.3 Å². The van der Waals surface area contributed by atoms with E-state index < -0.39 is 6.10 Å². The monoisotopic (exact) mass is 265 g/mol. The number of rotatable bonds is 3. The van der Waals surface area contributed by atoms with Crippen LogP contribution in [-0.4, -0.2) is 49.3 Å². The minimum Gasteiger partial charge on any atom is -0.493 e. The van der Waals surface area contributed by atoms with Crippen molar-refractivity contribution in [1.82, 2.24) is 4.90 Å². The highest BCUT2D eigenvalue weighted by atomic mass is 16.5. The van der Waals surface area contributed by atoms with Crippen LogP contribution in [0.3, 0.4) is 0 Å². The average Bonchev–Trinajstić information content (AvgIpc) is 2.45. The van der Waals surface area contributed by atoms with E-state index >= 15 is 0 Å². The van der Waals surface area contributed by atoms with Gasteiger partial charge in [-0.25, -0.2) is 0 Å². The number of methoxy groups -OCH3 is 2. The number of likely N-dealkylation sites (tertiary alicyclic amines) is 1. The van der Waals surface area contributed by atoms with Gasteiger partial charge in [-0.3, -0.25) is 4.79 Å². The normalized spacial score (nSPS) is 19.1. The summed E-state index contributed by atoms with van der Waals surface area (Å²) >= 11 is 0. The first-order valence-corrected chi connectivity index (χ1v) is 6.35. The Hall–Kier alpha value is -1.75. The van der Waals surface area contributed by atoms with Gasteiger partial charge in [0.1, 0.15) is 0 Å². The summed E-state index contributed by atoms with van der Waals surface area (Å²) in [6, 6.07) is 5.10. The van der Waals surface area contributed by atoms with E-state index in [2.05, 4.69) is 0 Å². The lowest BCUT2D eigenvalue weighted by Gasteiger charge is -2.30. The van der Waals surface area contributed by atoms with Crippen LogP contribution in [0.2, 0.25) is 0 Å². The molecule has 1 aliphatic heterocycles. The van der Waals surface area contributed by atoms with Crippen LogP contribution in [-0.2, 0) is 0 Å². The van der Waals surface area contributed by atoms with Gasteiger partial charge in [-0.05, 0) is 31.0 Å². The van der Waals surface area contributed by atoms with Gasteiger partial charge in [-0.15, -0.1) is 0 Å². The maximum atomic E-state index is 12.3. The maximum absolute atomic E-state index is 12.3. The average molecular weight is 265 g/mol. The number of carbonyl (C=O) groups is 1. The molecule has 1 saturated heterocycles. The number of β-amino-alcohol motifs (C(OH)–C–C–N with tert-alkyl or cyclic N) is 1. The molecule has 1 aromatic rings. The fourth-order valence-corrected chi connectivity index (χ4v) is 2.29. The summed E-state index contributed by atoms with van der Waals surface area (Å²) < 4.78 is 10.3. The lowest BCUT2D eigenvalue weighted by atomic mass is 10.1. The second-order valence-electron chi connectivity index (χ2n) is 4.62. The molecule has 0 spiro atoms. The molecule has 1 aliphatic rings. The minimum absolute atomic E-state index is 0.0836. The van der Waals surface area contributed by atoms with Crippen molar-refractivity contribution in [3.05, 3.63) is 23.8 Å². The Morgan fingerprint density at radius 3 is 2.68 bits per heavy atom. The van der Waals surface area contributed by atoms with Crippen LogP contribution in [0.15, 0.2) is 18.2 Å². The van der Waals surface area contributed by atoms with Crippen LogP contribution in [0, 0.1) is 0 Å². The van der Waals surface area contributed by atoms with Crippen LogP contribution in [0.5, 0.6) is 11.5 Å². The summed E-state index contributed by atoms with van der Waals surface area (Å²) in [5.41, 5.74) is 0.548. The Morgan fingerprint density at radius 2 is 2.05 bits per heavy atom. The second kappa shape index (κ2) is 5.93. The molecule has 1 amide bonds. The van der Waals surface area contributed by atoms with Gasteiger partial charge < -0.3 is 19.5 Å². The van der Waals surface area contributed by atoms with E-state index in [9.17, 15) is 9.90 Å². The smallest absolute Gasteiger partial charge is 0.254 e. The van der Waals surface area contributed by atoms with Crippen molar-refractivity contribution in [3.8, 4) is 11.5 Å². The molecule has 1 unspecified atom stereocenters. The largest absolute Gasteiger partial charge is 0.493 e. The highest BCUT2D eigenvalue weighted by Gasteiger charge is 2.23.